The zero-order chi connectivity index (χ0) is 14.5. The molecule has 0 bridgehead atoms. The number of ether oxygens (including phenoxy) is 1. The summed E-state index contributed by atoms with van der Waals surface area (Å²) >= 11 is 0. The molecule has 2 atom stereocenters. The molecule has 0 aliphatic heterocycles. The van der Waals surface area contributed by atoms with Gasteiger partial charge in [0.15, 0.2) is 5.78 Å². The molecule has 4 nitrogen and oxygen atoms in total. The predicted octanol–water partition coefficient (Wildman–Crippen LogP) is 2.04. The minimum atomic E-state index is -1.16. The lowest BCUT2D eigenvalue weighted by Gasteiger charge is -2.31. The van der Waals surface area contributed by atoms with Gasteiger partial charge in [0.2, 0.25) is 0 Å². The van der Waals surface area contributed by atoms with Crippen molar-refractivity contribution in [3.8, 4) is 5.75 Å². The summed E-state index contributed by atoms with van der Waals surface area (Å²) in [6, 6.07) is 6.68. The van der Waals surface area contributed by atoms with Gasteiger partial charge in [-0.05, 0) is 37.6 Å². The maximum atomic E-state index is 12.5. The Balaban J connectivity index is 2.99. The molecule has 0 saturated carbocycles. The predicted molar refractivity (Wildman–Crippen MR) is 73.4 cm³/mol. The van der Waals surface area contributed by atoms with Crippen LogP contribution in [0, 0.1) is 5.41 Å². The number of aliphatic hydroxyl groups excluding tert-OH is 2. The fourth-order valence-electron chi connectivity index (χ4n) is 1.99. The van der Waals surface area contributed by atoms with E-state index in [9.17, 15) is 15.0 Å². The molecule has 0 amide bonds. The van der Waals surface area contributed by atoms with Gasteiger partial charge in [-0.1, -0.05) is 13.3 Å². The van der Waals surface area contributed by atoms with Crippen LogP contribution >= 0.6 is 0 Å². The molecule has 0 aliphatic carbocycles. The second-order valence-corrected chi connectivity index (χ2v) is 4.94. The van der Waals surface area contributed by atoms with E-state index in [4.69, 9.17) is 4.74 Å². The van der Waals surface area contributed by atoms with Gasteiger partial charge >= 0.3 is 0 Å². The molecule has 0 unspecified atom stereocenters. The van der Waals surface area contributed by atoms with Gasteiger partial charge in [-0.3, -0.25) is 4.79 Å². The molecule has 0 heterocycles. The first-order chi connectivity index (χ1) is 8.99. The molecule has 0 aromatic heterocycles. The van der Waals surface area contributed by atoms with Crippen LogP contribution in [0.1, 0.15) is 37.0 Å². The van der Waals surface area contributed by atoms with E-state index in [0.29, 0.717) is 17.7 Å². The second-order valence-electron chi connectivity index (χ2n) is 4.94. The number of benzene rings is 1. The van der Waals surface area contributed by atoms with Crippen molar-refractivity contribution >= 4 is 5.78 Å². The van der Waals surface area contributed by atoms with Gasteiger partial charge < -0.3 is 14.9 Å². The minimum absolute atomic E-state index is 0.251. The van der Waals surface area contributed by atoms with Crippen LogP contribution in [-0.4, -0.2) is 35.8 Å². The summed E-state index contributed by atoms with van der Waals surface area (Å²) in [5.74, 6) is 0.412. The summed E-state index contributed by atoms with van der Waals surface area (Å²) < 4.78 is 5.04. The van der Waals surface area contributed by atoms with E-state index in [2.05, 4.69) is 0 Å². The summed E-state index contributed by atoms with van der Waals surface area (Å²) in [6.45, 7) is 3.15. The van der Waals surface area contributed by atoms with Crippen LogP contribution < -0.4 is 4.74 Å². The molecule has 0 saturated heterocycles. The maximum Gasteiger partial charge on any atom is 0.173 e. The molecule has 1 aromatic carbocycles. The van der Waals surface area contributed by atoms with E-state index < -0.39 is 11.5 Å². The lowest BCUT2D eigenvalue weighted by atomic mass is 9.76. The average molecular weight is 266 g/mol. The molecule has 0 spiro atoms. The van der Waals surface area contributed by atoms with Crippen LogP contribution in [-0.2, 0) is 0 Å². The molecule has 0 radical (unpaired) electrons. The molecule has 1 rings (SSSR count). The molecule has 0 aliphatic rings. The Hall–Kier alpha value is -1.39. The number of methoxy groups -OCH3 is 1. The Morgan fingerprint density at radius 2 is 1.95 bits per heavy atom. The van der Waals surface area contributed by atoms with Gasteiger partial charge in [-0.25, -0.2) is 0 Å². The highest BCUT2D eigenvalue weighted by Gasteiger charge is 2.39. The Morgan fingerprint density at radius 1 is 1.37 bits per heavy atom. The van der Waals surface area contributed by atoms with Crippen LogP contribution in [0.4, 0.5) is 0 Å². The average Bonchev–Trinajstić information content (AvgIpc) is 2.46. The van der Waals surface area contributed by atoms with Gasteiger partial charge in [0.1, 0.15) is 5.75 Å². The van der Waals surface area contributed by atoms with Gasteiger partial charge in [-0.2, -0.15) is 0 Å². The van der Waals surface area contributed by atoms with Crippen LogP contribution in [0.25, 0.3) is 0 Å². The van der Waals surface area contributed by atoms with E-state index in [0.717, 1.165) is 6.42 Å². The van der Waals surface area contributed by atoms with Crippen molar-refractivity contribution in [2.75, 3.05) is 13.7 Å². The second kappa shape index (κ2) is 6.68. The third-order valence-electron chi connectivity index (χ3n) is 3.50. The number of carbonyl (C=O) groups excluding carboxylic acids is 1. The zero-order valence-electron chi connectivity index (χ0n) is 11.7. The number of carbonyl (C=O) groups is 1. The van der Waals surface area contributed by atoms with Crippen molar-refractivity contribution in [2.45, 2.75) is 32.8 Å². The van der Waals surface area contributed by atoms with Crippen LogP contribution in [0.5, 0.6) is 5.75 Å². The number of ketones is 1. The summed E-state index contributed by atoms with van der Waals surface area (Å²) in [7, 11) is 1.56. The monoisotopic (exact) mass is 266 g/mol. The van der Waals surface area contributed by atoms with E-state index in [1.54, 1.807) is 38.3 Å². The standard InChI is InChI=1S/C15H22O4/c1-4-5-13(17)15(2,10-16)14(18)11-6-8-12(19-3)9-7-11/h6-9,13,16-17H,4-5,10H2,1-3H3/t13-,15+/m0/s1. The quantitative estimate of drug-likeness (QED) is 0.741. The Morgan fingerprint density at radius 3 is 2.37 bits per heavy atom. The van der Waals surface area contributed by atoms with Crippen molar-refractivity contribution in [3.05, 3.63) is 29.8 Å². The third-order valence-corrected chi connectivity index (χ3v) is 3.50. The number of hydrogen-bond donors (Lipinski definition) is 2. The molecule has 2 N–H and O–H groups in total. The summed E-state index contributed by atoms with van der Waals surface area (Å²) in [4.78, 5) is 12.5. The molecule has 0 fully saturated rings. The lowest BCUT2D eigenvalue weighted by Crippen LogP contribution is -2.43. The highest BCUT2D eigenvalue weighted by Crippen LogP contribution is 2.29. The first-order valence-corrected chi connectivity index (χ1v) is 6.47. The van der Waals surface area contributed by atoms with E-state index in [1.807, 2.05) is 6.92 Å². The molecular weight excluding hydrogens is 244 g/mol. The Bertz CT molecular complexity index is 413. The SMILES string of the molecule is CCC[C@H](O)[C@@](C)(CO)C(=O)c1ccc(OC)cc1. The van der Waals surface area contributed by atoms with Gasteiger partial charge in [-0.15, -0.1) is 0 Å². The zero-order valence-corrected chi connectivity index (χ0v) is 11.7. The van der Waals surface area contributed by atoms with Gasteiger partial charge in [0, 0.05) is 5.56 Å². The summed E-state index contributed by atoms with van der Waals surface area (Å²) in [5, 5.41) is 19.6. The van der Waals surface area contributed by atoms with Crippen molar-refractivity contribution in [1.82, 2.24) is 0 Å². The van der Waals surface area contributed by atoms with Crippen molar-refractivity contribution in [1.29, 1.82) is 0 Å². The molecule has 1 aromatic rings. The topological polar surface area (TPSA) is 66.8 Å². The molecular formula is C15H22O4. The summed E-state index contributed by atoms with van der Waals surface area (Å²) in [5.41, 5.74) is -0.697. The first-order valence-electron chi connectivity index (χ1n) is 6.47. The lowest BCUT2D eigenvalue weighted by molar-refractivity contribution is 0.000558. The number of Topliss-reactive ketones (excluding diaryl/α,β-unsaturated/α-hetero) is 1. The normalized spacial score (nSPS) is 15.6. The van der Waals surface area contributed by atoms with Crippen molar-refractivity contribution < 1.29 is 19.7 Å². The maximum absolute atomic E-state index is 12.5. The number of hydrogen-bond acceptors (Lipinski definition) is 4. The van der Waals surface area contributed by atoms with Gasteiger partial charge in [0.05, 0.1) is 25.2 Å². The van der Waals surface area contributed by atoms with E-state index in [1.165, 1.54) is 0 Å². The molecule has 4 heteroatoms. The van der Waals surface area contributed by atoms with E-state index >= 15 is 0 Å². The fourth-order valence-corrected chi connectivity index (χ4v) is 1.99. The Labute approximate surface area is 114 Å². The van der Waals surface area contributed by atoms with Crippen LogP contribution in [0.3, 0.4) is 0 Å². The number of rotatable bonds is 7. The largest absolute Gasteiger partial charge is 0.497 e. The van der Waals surface area contributed by atoms with Crippen molar-refractivity contribution in [2.24, 2.45) is 5.41 Å². The minimum Gasteiger partial charge on any atom is -0.497 e. The number of aliphatic hydroxyl groups is 2. The van der Waals surface area contributed by atoms with Crippen LogP contribution in [0.15, 0.2) is 24.3 Å². The van der Waals surface area contributed by atoms with Crippen LogP contribution in [0.2, 0.25) is 0 Å². The summed E-state index contributed by atoms with van der Waals surface area (Å²) in [6.07, 6.45) is 0.392. The third kappa shape index (κ3) is 3.33. The van der Waals surface area contributed by atoms with Crippen molar-refractivity contribution in [3.63, 3.8) is 0 Å². The van der Waals surface area contributed by atoms with E-state index in [-0.39, 0.29) is 12.4 Å². The Kier molecular flexibility index (Phi) is 5.51. The smallest absolute Gasteiger partial charge is 0.173 e. The fraction of sp³-hybridized carbons (Fsp3) is 0.533. The first kappa shape index (κ1) is 15.7. The molecule has 19 heavy (non-hydrogen) atoms. The highest BCUT2D eigenvalue weighted by atomic mass is 16.5. The van der Waals surface area contributed by atoms with Gasteiger partial charge in [0.25, 0.3) is 0 Å². The highest BCUT2D eigenvalue weighted by molar-refractivity contribution is 6.00. The molecule has 106 valence electrons.